The van der Waals surface area contributed by atoms with Gasteiger partial charge in [0, 0.05) is 50.0 Å². The van der Waals surface area contributed by atoms with E-state index in [1.54, 1.807) is 18.7 Å². The number of thiazole rings is 1. The predicted molar refractivity (Wildman–Crippen MR) is 109 cm³/mol. The average molecular weight is 430 g/mol. The zero-order chi connectivity index (χ0) is 17.2. The number of nitrogens with one attached hydrogen (secondary N) is 1. The Bertz CT molecular complexity index is 864. The van der Waals surface area contributed by atoms with Gasteiger partial charge >= 0.3 is 0 Å². The molecule has 3 aromatic heterocycles. The molecule has 0 saturated carbocycles. The van der Waals surface area contributed by atoms with Crippen LogP contribution in [0.4, 0.5) is 0 Å². The number of hydrogen-bond donors (Lipinski definition) is 1. The summed E-state index contributed by atoms with van der Waals surface area (Å²) in [6, 6.07) is 1.82. The van der Waals surface area contributed by atoms with E-state index < -0.39 is 0 Å². The maximum atomic E-state index is 12.9. The van der Waals surface area contributed by atoms with Gasteiger partial charge in [0.2, 0.25) is 5.91 Å². The zero-order valence-electron chi connectivity index (χ0n) is 14.7. The highest BCUT2D eigenvalue weighted by atomic mass is 35.5. The van der Waals surface area contributed by atoms with Gasteiger partial charge in [-0.15, -0.1) is 36.2 Å². The van der Waals surface area contributed by atoms with Crippen LogP contribution in [0.3, 0.4) is 0 Å². The maximum Gasteiger partial charge on any atom is 0.229 e. The molecule has 1 aliphatic heterocycles. The van der Waals surface area contributed by atoms with E-state index in [2.05, 4.69) is 15.3 Å². The highest BCUT2D eigenvalue weighted by Gasteiger charge is 2.30. The van der Waals surface area contributed by atoms with E-state index in [0.717, 1.165) is 28.6 Å². The molecule has 1 aliphatic rings. The van der Waals surface area contributed by atoms with Crippen LogP contribution < -0.4 is 5.32 Å². The summed E-state index contributed by atoms with van der Waals surface area (Å²) in [7, 11) is 1.96. The number of amides is 1. The Labute approximate surface area is 173 Å². The van der Waals surface area contributed by atoms with E-state index in [9.17, 15) is 4.79 Å². The third-order valence-electron chi connectivity index (χ3n) is 4.37. The Morgan fingerprint density at radius 3 is 3.00 bits per heavy atom. The first-order valence-electron chi connectivity index (χ1n) is 8.17. The number of carbonyl (C=O) groups excluding carboxylic acids is 1. The summed E-state index contributed by atoms with van der Waals surface area (Å²) in [6.07, 6.45) is 7.27. The van der Waals surface area contributed by atoms with E-state index >= 15 is 0 Å². The van der Waals surface area contributed by atoms with Gasteiger partial charge in [-0.3, -0.25) is 4.79 Å². The predicted octanol–water partition coefficient (Wildman–Crippen LogP) is 2.70. The molecule has 0 spiro atoms. The number of aromatic nitrogens is 3. The van der Waals surface area contributed by atoms with Crippen molar-refractivity contribution in [1.29, 1.82) is 0 Å². The molecule has 0 radical (unpaired) electrons. The Hall–Kier alpha value is -1.87. The number of furan rings is 1. The molecule has 146 valence electrons. The van der Waals surface area contributed by atoms with Gasteiger partial charge in [0.1, 0.15) is 23.1 Å². The van der Waals surface area contributed by atoms with Gasteiger partial charge in [-0.25, -0.2) is 9.97 Å². The SMILES string of the molecule is Cl.Cl.Cn1ccnc1C1CNCCN1C(=O)Cc1csc(-c2ccoc2)n1. The molecule has 0 aromatic carbocycles. The molecular formula is C17H21Cl2N5O2S. The van der Waals surface area contributed by atoms with Crippen molar-refractivity contribution in [3.63, 3.8) is 0 Å². The van der Waals surface area contributed by atoms with Gasteiger partial charge in [-0.1, -0.05) is 0 Å². The van der Waals surface area contributed by atoms with Crippen molar-refractivity contribution in [3.05, 3.63) is 47.9 Å². The maximum absolute atomic E-state index is 12.9. The second kappa shape index (κ2) is 9.36. The molecule has 1 unspecified atom stereocenters. The first-order chi connectivity index (χ1) is 12.2. The molecule has 7 nitrogen and oxygen atoms in total. The first kappa shape index (κ1) is 21.4. The molecule has 1 fully saturated rings. The van der Waals surface area contributed by atoms with Gasteiger partial charge in [0.15, 0.2) is 0 Å². The lowest BCUT2D eigenvalue weighted by Crippen LogP contribution is -2.49. The summed E-state index contributed by atoms with van der Waals surface area (Å²) < 4.78 is 7.07. The van der Waals surface area contributed by atoms with Crippen molar-refractivity contribution in [2.24, 2.45) is 7.05 Å². The molecule has 0 aliphatic carbocycles. The monoisotopic (exact) mass is 429 g/mol. The molecule has 10 heteroatoms. The van der Waals surface area contributed by atoms with E-state index in [1.165, 1.54) is 11.3 Å². The fraction of sp³-hybridized carbons (Fsp3) is 0.353. The lowest BCUT2D eigenvalue weighted by molar-refractivity contribution is -0.134. The van der Waals surface area contributed by atoms with Crippen molar-refractivity contribution >= 4 is 42.1 Å². The number of halogens is 2. The number of aryl methyl sites for hydroxylation is 1. The van der Waals surface area contributed by atoms with Crippen LogP contribution in [0.15, 0.2) is 40.8 Å². The minimum absolute atomic E-state index is 0. The smallest absolute Gasteiger partial charge is 0.229 e. The minimum Gasteiger partial charge on any atom is -0.472 e. The summed E-state index contributed by atoms with van der Waals surface area (Å²) in [4.78, 5) is 23.8. The minimum atomic E-state index is -0.0479. The summed E-state index contributed by atoms with van der Waals surface area (Å²) in [5, 5.41) is 6.17. The number of imidazole rings is 1. The molecule has 4 heterocycles. The standard InChI is InChI=1S/C17H19N5O2S.2ClH/c1-21-5-4-19-16(21)14-9-18-3-6-22(14)15(23)8-13-11-25-17(20-13)12-2-7-24-10-12;;/h2,4-5,7,10-11,14,18H,3,6,8-9H2,1H3;2*1H. The quantitative estimate of drug-likeness (QED) is 0.689. The van der Waals surface area contributed by atoms with E-state index in [-0.39, 0.29) is 36.8 Å². The second-order valence-corrected chi connectivity index (χ2v) is 6.89. The topological polar surface area (TPSA) is 76.2 Å². The summed E-state index contributed by atoms with van der Waals surface area (Å²) >= 11 is 1.53. The molecule has 1 amide bonds. The second-order valence-electron chi connectivity index (χ2n) is 6.04. The van der Waals surface area contributed by atoms with Crippen LogP contribution in [0.25, 0.3) is 10.6 Å². The molecule has 1 atom stereocenters. The first-order valence-corrected chi connectivity index (χ1v) is 9.04. The number of piperazine rings is 1. The lowest BCUT2D eigenvalue weighted by atomic mass is 10.1. The van der Waals surface area contributed by atoms with Crippen molar-refractivity contribution in [2.45, 2.75) is 12.5 Å². The van der Waals surface area contributed by atoms with Crippen LogP contribution in [0, 0.1) is 0 Å². The Morgan fingerprint density at radius 2 is 2.30 bits per heavy atom. The van der Waals surface area contributed by atoms with Crippen LogP contribution in [-0.2, 0) is 18.3 Å². The molecular weight excluding hydrogens is 409 g/mol. The Morgan fingerprint density at radius 1 is 1.44 bits per heavy atom. The number of carbonyl (C=O) groups is 1. The van der Waals surface area contributed by atoms with Crippen LogP contribution in [-0.4, -0.2) is 45.0 Å². The van der Waals surface area contributed by atoms with Gasteiger partial charge in [-0.05, 0) is 6.07 Å². The van der Waals surface area contributed by atoms with Crippen LogP contribution in [0.5, 0.6) is 0 Å². The number of hydrogen-bond acceptors (Lipinski definition) is 6. The van der Waals surface area contributed by atoms with E-state index in [1.807, 2.05) is 34.2 Å². The zero-order valence-corrected chi connectivity index (χ0v) is 17.1. The van der Waals surface area contributed by atoms with Gasteiger partial charge in [0.05, 0.1) is 18.4 Å². The highest BCUT2D eigenvalue weighted by molar-refractivity contribution is 7.13. The van der Waals surface area contributed by atoms with Crippen LogP contribution in [0.2, 0.25) is 0 Å². The van der Waals surface area contributed by atoms with Crippen molar-refractivity contribution in [1.82, 2.24) is 24.8 Å². The number of nitrogens with zero attached hydrogens (tertiary/aromatic N) is 4. The van der Waals surface area contributed by atoms with Gasteiger partial charge in [-0.2, -0.15) is 0 Å². The highest BCUT2D eigenvalue weighted by Crippen LogP contribution is 2.25. The van der Waals surface area contributed by atoms with Gasteiger partial charge < -0.3 is 19.2 Å². The molecule has 27 heavy (non-hydrogen) atoms. The Kier molecular flexibility index (Phi) is 7.43. The van der Waals surface area contributed by atoms with Crippen LogP contribution in [0.1, 0.15) is 17.6 Å². The molecule has 4 rings (SSSR count). The van der Waals surface area contributed by atoms with E-state index in [0.29, 0.717) is 19.5 Å². The normalized spacial score (nSPS) is 16.5. The fourth-order valence-electron chi connectivity index (χ4n) is 3.10. The molecule has 1 saturated heterocycles. The third kappa shape index (κ3) is 4.52. The lowest BCUT2D eigenvalue weighted by Gasteiger charge is -2.35. The third-order valence-corrected chi connectivity index (χ3v) is 5.31. The molecule has 1 N–H and O–H groups in total. The van der Waals surface area contributed by atoms with Crippen molar-refractivity contribution in [3.8, 4) is 10.6 Å². The molecule has 3 aromatic rings. The average Bonchev–Trinajstić information content (AvgIpc) is 3.36. The summed E-state index contributed by atoms with van der Waals surface area (Å²) in [6.45, 7) is 2.19. The fourth-order valence-corrected chi connectivity index (χ4v) is 3.90. The van der Waals surface area contributed by atoms with Crippen molar-refractivity contribution in [2.75, 3.05) is 19.6 Å². The largest absolute Gasteiger partial charge is 0.472 e. The van der Waals surface area contributed by atoms with E-state index in [4.69, 9.17) is 4.42 Å². The summed E-state index contributed by atoms with van der Waals surface area (Å²) in [5.41, 5.74) is 1.74. The number of rotatable bonds is 4. The molecule has 0 bridgehead atoms. The van der Waals surface area contributed by atoms with Crippen LogP contribution >= 0.6 is 36.2 Å². The van der Waals surface area contributed by atoms with Gasteiger partial charge in [0.25, 0.3) is 0 Å². The summed E-state index contributed by atoms with van der Waals surface area (Å²) in [5.74, 6) is 0.983. The van der Waals surface area contributed by atoms with Crippen molar-refractivity contribution < 1.29 is 9.21 Å². The Balaban J connectivity index is 0.00000131.